The second kappa shape index (κ2) is 8.35. The number of ether oxygens (including phenoxy) is 1. The Morgan fingerprint density at radius 1 is 1.11 bits per heavy atom. The summed E-state index contributed by atoms with van der Waals surface area (Å²) in [7, 11) is 1.40. The van der Waals surface area contributed by atoms with E-state index in [0.717, 1.165) is 11.1 Å². The van der Waals surface area contributed by atoms with Crippen LogP contribution in [0.5, 0.6) is 0 Å². The number of hydrogen-bond donors (Lipinski definition) is 1. The molecule has 0 bridgehead atoms. The number of methoxy groups -OCH3 is 1. The number of carbonyl (C=O) groups excluding carboxylic acids is 2. The standard InChI is InChI=1S/C22H26N2O3/c1-15(2)13-19(22(26)27-3)23-20-17-11-7-8-12-18(17)21(25)24(20)14-16-9-5-4-6-10-16/h4-12,15,19-20,23H,13-14H2,1-3H3/t19-,20+/m0/s1. The van der Waals surface area contributed by atoms with Crippen LogP contribution < -0.4 is 5.32 Å². The predicted octanol–water partition coefficient (Wildman–Crippen LogP) is 3.52. The Balaban J connectivity index is 1.92. The van der Waals surface area contributed by atoms with E-state index in [1.807, 2.05) is 54.6 Å². The molecule has 0 saturated carbocycles. The molecule has 5 nitrogen and oxygen atoms in total. The number of fused-ring (bicyclic) bond motifs is 1. The summed E-state index contributed by atoms with van der Waals surface area (Å²) in [5, 5.41) is 3.39. The predicted molar refractivity (Wildman–Crippen MR) is 104 cm³/mol. The third-order valence-corrected chi connectivity index (χ3v) is 4.81. The molecule has 1 amide bonds. The van der Waals surface area contributed by atoms with Crippen LogP contribution in [0.15, 0.2) is 54.6 Å². The molecule has 0 saturated heterocycles. The Morgan fingerprint density at radius 3 is 2.44 bits per heavy atom. The Bertz CT molecular complexity index is 804. The molecule has 1 aliphatic rings. The van der Waals surface area contributed by atoms with E-state index in [1.54, 1.807) is 4.90 Å². The van der Waals surface area contributed by atoms with Crippen molar-refractivity contribution in [1.82, 2.24) is 10.2 Å². The first kappa shape index (κ1) is 19.1. The zero-order valence-electron chi connectivity index (χ0n) is 16.0. The second-order valence-corrected chi connectivity index (χ2v) is 7.28. The van der Waals surface area contributed by atoms with Gasteiger partial charge in [-0.25, -0.2) is 0 Å². The highest BCUT2D eigenvalue weighted by atomic mass is 16.5. The van der Waals surface area contributed by atoms with E-state index in [9.17, 15) is 9.59 Å². The number of amides is 1. The molecule has 2 aromatic carbocycles. The van der Waals surface area contributed by atoms with Gasteiger partial charge in [0, 0.05) is 17.7 Å². The van der Waals surface area contributed by atoms with E-state index < -0.39 is 6.04 Å². The lowest BCUT2D eigenvalue weighted by molar-refractivity contribution is -0.144. The zero-order chi connectivity index (χ0) is 19.4. The van der Waals surface area contributed by atoms with E-state index >= 15 is 0 Å². The van der Waals surface area contributed by atoms with Crippen LogP contribution >= 0.6 is 0 Å². The number of carbonyl (C=O) groups is 2. The van der Waals surface area contributed by atoms with Crippen molar-refractivity contribution in [3.63, 3.8) is 0 Å². The van der Waals surface area contributed by atoms with Crippen LogP contribution in [0.1, 0.15) is 47.9 Å². The summed E-state index contributed by atoms with van der Waals surface area (Å²) in [5.41, 5.74) is 2.62. The molecule has 3 rings (SSSR count). The van der Waals surface area contributed by atoms with Gasteiger partial charge < -0.3 is 9.64 Å². The summed E-state index contributed by atoms with van der Waals surface area (Å²) >= 11 is 0. The van der Waals surface area contributed by atoms with Crippen molar-refractivity contribution in [3.05, 3.63) is 71.3 Å². The summed E-state index contributed by atoms with van der Waals surface area (Å²) in [4.78, 5) is 27.1. The van der Waals surface area contributed by atoms with E-state index in [-0.39, 0.29) is 18.0 Å². The van der Waals surface area contributed by atoms with Gasteiger partial charge in [-0.05, 0) is 24.0 Å². The highest BCUT2D eigenvalue weighted by Crippen LogP contribution is 2.33. The zero-order valence-corrected chi connectivity index (χ0v) is 16.0. The maximum absolute atomic E-state index is 13.0. The number of rotatable bonds is 7. The lowest BCUT2D eigenvalue weighted by atomic mass is 10.0. The molecule has 1 heterocycles. The third-order valence-electron chi connectivity index (χ3n) is 4.81. The van der Waals surface area contributed by atoms with E-state index in [4.69, 9.17) is 4.74 Å². The van der Waals surface area contributed by atoms with E-state index in [0.29, 0.717) is 24.4 Å². The first-order chi connectivity index (χ1) is 13.0. The van der Waals surface area contributed by atoms with Gasteiger partial charge in [-0.2, -0.15) is 0 Å². The van der Waals surface area contributed by atoms with Gasteiger partial charge >= 0.3 is 5.97 Å². The van der Waals surface area contributed by atoms with Crippen LogP contribution in [0.25, 0.3) is 0 Å². The SMILES string of the molecule is COC(=O)[C@H](CC(C)C)N[C@H]1c2ccccc2C(=O)N1Cc1ccccc1. The van der Waals surface area contributed by atoms with Crippen LogP contribution in [-0.4, -0.2) is 29.9 Å². The summed E-state index contributed by atoms with van der Waals surface area (Å²) < 4.78 is 4.99. The van der Waals surface area contributed by atoms with Crippen LogP contribution in [-0.2, 0) is 16.1 Å². The summed E-state index contributed by atoms with van der Waals surface area (Å²) in [6.45, 7) is 4.60. The Hall–Kier alpha value is -2.66. The first-order valence-electron chi connectivity index (χ1n) is 9.29. The van der Waals surface area contributed by atoms with Crippen molar-refractivity contribution in [1.29, 1.82) is 0 Å². The third kappa shape index (κ3) is 4.19. The van der Waals surface area contributed by atoms with Gasteiger partial charge in [0.15, 0.2) is 0 Å². The molecule has 0 unspecified atom stereocenters. The van der Waals surface area contributed by atoms with Crippen LogP contribution in [0.2, 0.25) is 0 Å². The summed E-state index contributed by atoms with van der Waals surface area (Å²) in [6, 6.07) is 17.0. The van der Waals surface area contributed by atoms with E-state index in [1.165, 1.54) is 7.11 Å². The average Bonchev–Trinajstić information content (AvgIpc) is 2.93. The molecule has 0 spiro atoms. The number of nitrogens with one attached hydrogen (secondary N) is 1. The quantitative estimate of drug-likeness (QED) is 0.762. The fourth-order valence-electron chi connectivity index (χ4n) is 3.53. The maximum Gasteiger partial charge on any atom is 0.322 e. The number of esters is 1. The van der Waals surface area contributed by atoms with Crippen molar-refractivity contribution in [2.24, 2.45) is 5.92 Å². The molecule has 142 valence electrons. The highest BCUT2D eigenvalue weighted by Gasteiger charge is 2.38. The normalized spacial score (nSPS) is 17.1. The maximum atomic E-state index is 13.0. The van der Waals surface area contributed by atoms with Gasteiger partial charge in [0.1, 0.15) is 12.2 Å². The molecule has 5 heteroatoms. The van der Waals surface area contributed by atoms with Crippen LogP contribution in [0, 0.1) is 5.92 Å². The molecule has 2 atom stereocenters. The Kier molecular flexibility index (Phi) is 5.91. The molecule has 1 N–H and O–H groups in total. The molecular formula is C22H26N2O3. The van der Waals surface area contributed by atoms with Gasteiger partial charge in [0.25, 0.3) is 5.91 Å². The lowest BCUT2D eigenvalue weighted by Crippen LogP contribution is -2.46. The topological polar surface area (TPSA) is 58.6 Å². The number of benzene rings is 2. The fourth-order valence-corrected chi connectivity index (χ4v) is 3.53. The summed E-state index contributed by atoms with van der Waals surface area (Å²) in [6.07, 6.45) is 0.273. The molecular weight excluding hydrogens is 340 g/mol. The monoisotopic (exact) mass is 366 g/mol. The average molecular weight is 366 g/mol. The molecule has 1 aliphatic heterocycles. The number of nitrogens with zero attached hydrogens (tertiary/aromatic N) is 1. The van der Waals surface area contributed by atoms with Gasteiger partial charge in [-0.15, -0.1) is 0 Å². The van der Waals surface area contributed by atoms with Crippen LogP contribution in [0.3, 0.4) is 0 Å². The van der Waals surface area contributed by atoms with Gasteiger partial charge in [0.05, 0.1) is 7.11 Å². The molecule has 0 radical (unpaired) electrons. The lowest BCUT2D eigenvalue weighted by Gasteiger charge is -2.30. The highest BCUT2D eigenvalue weighted by molar-refractivity contribution is 5.99. The van der Waals surface area contributed by atoms with Crippen molar-refractivity contribution in [3.8, 4) is 0 Å². The first-order valence-corrected chi connectivity index (χ1v) is 9.29. The largest absolute Gasteiger partial charge is 0.468 e. The number of hydrogen-bond acceptors (Lipinski definition) is 4. The van der Waals surface area contributed by atoms with Crippen molar-refractivity contribution >= 4 is 11.9 Å². The molecule has 27 heavy (non-hydrogen) atoms. The van der Waals surface area contributed by atoms with Crippen molar-refractivity contribution < 1.29 is 14.3 Å². The molecule has 2 aromatic rings. The fraction of sp³-hybridized carbons (Fsp3) is 0.364. The van der Waals surface area contributed by atoms with Crippen molar-refractivity contribution in [2.75, 3.05) is 7.11 Å². The summed E-state index contributed by atoms with van der Waals surface area (Å²) in [5.74, 6) is -0.0168. The van der Waals surface area contributed by atoms with Crippen molar-refractivity contribution in [2.45, 2.75) is 39.0 Å². The minimum atomic E-state index is -0.475. The smallest absolute Gasteiger partial charge is 0.322 e. The second-order valence-electron chi connectivity index (χ2n) is 7.28. The molecule has 0 aromatic heterocycles. The molecule has 0 aliphatic carbocycles. The van der Waals surface area contributed by atoms with Gasteiger partial charge in [-0.1, -0.05) is 62.4 Å². The minimum absolute atomic E-state index is 0.0277. The molecule has 0 fully saturated rings. The Morgan fingerprint density at radius 2 is 1.78 bits per heavy atom. The van der Waals surface area contributed by atoms with Gasteiger partial charge in [-0.3, -0.25) is 14.9 Å². The van der Waals surface area contributed by atoms with E-state index in [2.05, 4.69) is 19.2 Å². The Labute approximate surface area is 160 Å². The van der Waals surface area contributed by atoms with Gasteiger partial charge in [0.2, 0.25) is 0 Å². The van der Waals surface area contributed by atoms with Crippen LogP contribution in [0.4, 0.5) is 0 Å². The minimum Gasteiger partial charge on any atom is -0.468 e.